The fraction of sp³-hybridized carbons (Fsp3) is 0.263. The zero-order valence-corrected chi connectivity index (χ0v) is 19.4. The van der Waals surface area contributed by atoms with Gasteiger partial charge in [-0.3, -0.25) is 10.4 Å². The zero-order chi connectivity index (χ0) is 24.9. The lowest BCUT2D eigenvalue weighted by atomic mass is 10.3. The van der Waals surface area contributed by atoms with E-state index in [4.69, 9.17) is 14.2 Å². The average molecular weight is 491 g/mol. The number of ether oxygens (including phenoxy) is 3. The number of urea groups is 1. The van der Waals surface area contributed by atoms with Gasteiger partial charge in [-0.15, -0.1) is 0 Å². The SMILES string of the molecule is CCOC(=O)c1cn[nH]c1S(=O)(=O)N(C(=O)Nc1nc(OC)cc(OC)n1)c1ncccc1C. The van der Waals surface area contributed by atoms with Crippen molar-refractivity contribution >= 4 is 33.8 Å². The molecular weight excluding hydrogens is 470 g/mol. The molecule has 15 heteroatoms. The summed E-state index contributed by atoms with van der Waals surface area (Å²) in [7, 11) is -2.07. The van der Waals surface area contributed by atoms with Crippen LogP contribution >= 0.6 is 0 Å². The van der Waals surface area contributed by atoms with E-state index in [1.165, 1.54) is 26.5 Å². The molecule has 0 aliphatic heterocycles. The van der Waals surface area contributed by atoms with Crippen molar-refractivity contribution in [2.75, 3.05) is 30.4 Å². The third-order valence-electron chi connectivity index (χ3n) is 4.27. The summed E-state index contributed by atoms with van der Waals surface area (Å²) in [6, 6.07) is 3.30. The van der Waals surface area contributed by atoms with Crippen molar-refractivity contribution in [3.05, 3.63) is 41.7 Å². The van der Waals surface area contributed by atoms with E-state index in [2.05, 4.69) is 30.5 Å². The highest BCUT2D eigenvalue weighted by molar-refractivity contribution is 7.93. The fourth-order valence-electron chi connectivity index (χ4n) is 2.74. The standard InChI is InChI=1S/C19H21N7O7S/c1-5-33-17(27)12-10-21-25-16(12)34(29,30)26(15-11(2)7-6-8-20-15)19(28)24-18-22-13(31-3)9-14(23-18)32-4/h6-10H,5H2,1-4H3,(H,21,25)(H,22,23,24,28). The van der Waals surface area contributed by atoms with Crippen molar-refractivity contribution in [1.82, 2.24) is 25.1 Å². The molecule has 0 aliphatic carbocycles. The van der Waals surface area contributed by atoms with Gasteiger partial charge in [0.2, 0.25) is 17.7 Å². The van der Waals surface area contributed by atoms with Crippen LogP contribution in [0.4, 0.5) is 16.6 Å². The largest absolute Gasteiger partial charge is 0.481 e. The Hall–Kier alpha value is -4.27. The summed E-state index contributed by atoms with van der Waals surface area (Å²) in [6.07, 6.45) is 2.30. The predicted octanol–water partition coefficient (Wildman–Crippen LogP) is 1.52. The van der Waals surface area contributed by atoms with Gasteiger partial charge in [-0.05, 0) is 25.5 Å². The number of carbonyl (C=O) groups is 2. The van der Waals surface area contributed by atoms with Gasteiger partial charge >= 0.3 is 12.0 Å². The van der Waals surface area contributed by atoms with Crippen molar-refractivity contribution in [3.63, 3.8) is 0 Å². The Morgan fingerprint density at radius 2 is 1.85 bits per heavy atom. The van der Waals surface area contributed by atoms with Crippen molar-refractivity contribution in [3.8, 4) is 11.8 Å². The number of nitrogens with one attached hydrogen (secondary N) is 2. The van der Waals surface area contributed by atoms with Crippen LogP contribution < -0.4 is 19.1 Å². The minimum Gasteiger partial charge on any atom is -0.481 e. The Bertz CT molecular complexity index is 1290. The maximum absolute atomic E-state index is 13.6. The summed E-state index contributed by atoms with van der Waals surface area (Å²) in [4.78, 5) is 37.6. The number of carbonyl (C=O) groups excluding carboxylic acids is 2. The molecule has 3 heterocycles. The predicted molar refractivity (Wildman–Crippen MR) is 117 cm³/mol. The molecule has 180 valence electrons. The number of anilines is 2. The lowest BCUT2D eigenvalue weighted by Crippen LogP contribution is -2.42. The van der Waals surface area contributed by atoms with E-state index in [9.17, 15) is 18.0 Å². The Morgan fingerprint density at radius 3 is 2.44 bits per heavy atom. The zero-order valence-electron chi connectivity index (χ0n) is 18.6. The number of hydrogen-bond donors (Lipinski definition) is 2. The number of esters is 1. The molecule has 2 N–H and O–H groups in total. The summed E-state index contributed by atoms with van der Waals surface area (Å²) < 4.78 is 42.6. The number of rotatable bonds is 8. The summed E-state index contributed by atoms with van der Waals surface area (Å²) in [5.41, 5.74) is -0.0323. The molecule has 0 bridgehead atoms. The van der Waals surface area contributed by atoms with Gasteiger partial charge in [0.25, 0.3) is 10.0 Å². The molecule has 2 amide bonds. The molecule has 0 spiro atoms. The Labute approximate surface area is 194 Å². The smallest absolute Gasteiger partial charge is 0.344 e. The summed E-state index contributed by atoms with van der Waals surface area (Å²) >= 11 is 0. The van der Waals surface area contributed by atoms with Gasteiger partial charge < -0.3 is 14.2 Å². The molecule has 3 aromatic rings. The minimum absolute atomic E-state index is 0.00205. The molecule has 0 saturated carbocycles. The molecule has 0 aliphatic rings. The number of pyridine rings is 1. The van der Waals surface area contributed by atoms with Crippen LogP contribution in [0, 0.1) is 6.92 Å². The highest BCUT2D eigenvalue weighted by Crippen LogP contribution is 2.27. The molecule has 0 aromatic carbocycles. The van der Waals surface area contributed by atoms with E-state index < -0.39 is 27.0 Å². The van der Waals surface area contributed by atoms with Crippen LogP contribution in [0.2, 0.25) is 0 Å². The molecule has 3 aromatic heterocycles. The van der Waals surface area contributed by atoms with Crippen LogP contribution in [0.15, 0.2) is 35.6 Å². The number of aromatic nitrogens is 5. The second-order valence-corrected chi connectivity index (χ2v) is 8.18. The highest BCUT2D eigenvalue weighted by atomic mass is 32.2. The number of sulfonamides is 1. The van der Waals surface area contributed by atoms with E-state index in [1.54, 1.807) is 26.0 Å². The van der Waals surface area contributed by atoms with Crippen molar-refractivity contribution in [1.29, 1.82) is 0 Å². The first kappa shape index (κ1) is 24.4. The summed E-state index contributed by atoms with van der Waals surface area (Å²) in [5, 5.41) is 7.53. The van der Waals surface area contributed by atoms with Crippen LogP contribution in [0.5, 0.6) is 11.8 Å². The number of aromatic amines is 1. The monoisotopic (exact) mass is 491 g/mol. The number of methoxy groups -OCH3 is 2. The molecule has 34 heavy (non-hydrogen) atoms. The highest BCUT2D eigenvalue weighted by Gasteiger charge is 2.38. The van der Waals surface area contributed by atoms with E-state index in [-0.39, 0.29) is 35.7 Å². The van der Waals surface area contributed by atoms with Crippen LogP contribution in [-0.2, 0) is 14.8 Å². The number of hydrogen-bond acceptors (Lipinski definition) is 11. The lowest BCUT2D eigenvalue weighted by molar-refractivity contribution is 0.0521. The van der Waals surface area contributed by atoms with Crippen LogP contribution in [-0.4, -0.2) is 66.4 Å². The van der Waals surface area contributed by atoms with E-state index in [0.717, 1.165) is 6.20 Å². The fourth-order valence-corrected chi connectivity index (χ4v) is 4.19. The number of amides is 2. The molecular formula is C19H21N7O7S. The maximum atomic E-state index is 13.6. The average Bonchev–Trinajstić information content (AvgIpc) is 3.31. The van der Waals surface area contributed by atoms with Gasteiger partial charge in [-0.2, -0.15) is 27.8 Å². The Balaban J connectivity index is 2.11. The summed E-state index contributed by atoms with van der Waals surface area (Å²) in [6.45, 7) is 3.12. The molecule has 14 nitrogen and oxygen atoms in total. The summed E-state index contributed by atoms with van der Waals surface area (Å²) in [5.74, 6) is -1.34. The first-order valence-corrected chi connectivity index (χ1v) is 11.1. The normalized spacial score (nSPS) is 10.9. The molecule has 3 rings (SSSR count). The first-order valence-electron chi connectivity index (χ1n) is 9.68. The van der Waals surface area contributed by atoms with Crippen LogP contribution in [0.1, 0.15) is 22.8 Å². The van der Waals surface area contributed by atoms with Crippen LogP contribution in [0.3, 0.4) is 0 Å². The van der Waals surface area contributed by atoms with Crippen molar-refractivity contribution in [2.24, 2.45) is 0 Å². The molecule has 0 atom stereocenters. The van der Waals surface area contributed by atoms with Gasteiger partial charge in [0.1, 0.15) is 5.56 Å². The lowest BCUT2D eigenvalue weighted by Gasteiger charge is -2.22. The second-order valence-electron chi connectivity index (χ2n) is 6.45. The van der Waals surface area contributed by atoms with Gasteiger partial charge in [0, 0.05) is 6.20 Å². The topological polar surface area (TPSA) is 179 Å². The van der Waals surface area contributed by atoms with E-state index in [0.29, 0.717) is 9.87 Å². The van der Waals surface area contributed by atoms with Gasteiger partial charge in [0.05, 0.1) is 33.1 Å². The second kappa shape index (κ2) is 10.1. The van der Waals surface area contributed by atoms with Crippen molar-refractivity contribution in [2.45, 2.75) is 18.9 Å². The minimum atomic E-state index is -4.76. The van der Waals surface area contributed by atoms with Crippen LogP contribution in [0.25, 0.3) is 0 Å². The molecule has 0 unspecified atom stereocenters. The quantitative estimate of drug-likeness (QED) is 0.436. The van der Waals surface area contributed by atoms with Gasteiger partial charge in [-0.25, -0.2) is 14.6 Å². The van der Waals surface area contributed by atoms with Crippen molar-refractivity contribution < 1.29 is 32.2 Å². The van der Waals surface area contributed by atoms with E-state index >= 15 is 0 Å². The molecule has 0 fully saturated rings. The molecule has 0 saturated heterocycles. The number of H-pyrrole nitrogens is 1. The molecule has 0 radical (unpaired) electrons. The number of aryl methyl sites for hydroxylation is 1. The maximum Gasteiger partial charge on any atom is 0.344 e. The third-order valence-corrected chi connectivity index (χ3v) is 5.92. The van der Waals surface area contributed by atoms with E-state index in [1.807, 2.05) is 0 Å². The van der Waals surface area contributed by atoms with Gasteiger partial charge in [0.15, 0.2) is 10.8 Å². The Kier molecular flexibility index (Phi) is 7.25. The first-order chi connectivity index (χ1) is 16.2. The van der Waals surface area contributed by atoms with Gasteiger partial charge in [-0.1, -0.05) is 6.07 Å². The Morgan fingerprint density at radius 1 is 1.18 bits per heavy atom. The number of nitrogens with zero attached hydrogens (tertiary/aromatic N) is 5. The third kappa shape index (κ3) is 4.88.